The van der Waals surface area contributed by atoms with Gasteiger partial charge in [-0.25, -0.2) is 0 Å². The molecule has 5 rings (SSSR count). The second kappa shape index (κ2) is 5.83. The van der Waals surface area contributed by atoms with Crippen LogP contribution >= 0.6 is 11.3 Å². The first kappa shape index (κ1) is 14.4. The van der Waals surface area contributed by atoms with Gasteiger partial charge < -0.3 is 0 Å². The Kier molecular flexibility index (Phi) is 3.36. The van der Waals surface area contributed by atoms with Gasteiger partial charge in [-0.15, -0.1) is 11.3 Å². The molecule has 0 atom stereocenters. The molecule has 25 heavy (non-hydrogen) atoms. The van der Waals surface area contributed by atoms with Gasteiger partial charge in [-0.3, -0.25) is 0 Å². The maximum Gasteiger partial charge on any atom is 0.219 e. The fourth-order valence-corrected chi connectivity index (χ4v) is 4.02. The van der Waals surface area contributed by atoms with E-state index in [1.807, 2.05) is 0 Å². The standard InChI is InChI=1S/C23H16NS/c1-2-6-21-18(4-1)8-9-19-12-14-24-13-11-17(16-22(24)23(19)21)7-10-20-5-3-15-25-20/h1-16H/q+1/b10-7+. The van der Waals surface area contributed by atoms with Gasteiger partial charge in [-0.2, -0.15) is 4.40 Å². The number of thiophene rings is 1. The number of hydrogen-bond donors (Lipinski definition) is 0. The molecule has 0 radical (unpaired) electrons. The van der Waals surface area contributed by atoms with Crippen molar-refractivity contribution in [1.29, 1.82) is 0 Å². The van der Waals surface area contributed by atoms with Crippen LogP contribution in [0.1, 0.15) is 10.4 Å². The highest BCUT2D eigenvalue weighted by Gasteiger charge is 2.11. The number of aromatic nitrogens is 1. The van der Waals surface area contributed by atoms with Crippen LogP contribution in [0.15, 0.2) is 84.5 Å². The van der Waals surface area contributed by atoms with E-state index in [1.54, 1.807) is 11.3 Å². The van der Waals surface area contributed by atoms with Crippen LogP contribution in [0.4, 0.5) is 0 Å². The quantitative estimate of drug-likeness (QED) is 0.276. The molecule has 5 aromatic rings. The Hall–Kier alpha value is -2.97. The van der Waals surface area contributed by atoms with Crippen LogP contribution in [0.2, 0.25) is 0 Å². The molecule has 0 unspecified atom stereocenters. The number of nitrogens with zero attached hydrogens (tertiary/aromatic N) is 1. The topological polar surface area (TPSA) is 4.10 Å². The first-order valence-electron chi connectivity index (χ1n) is 8.36. The van der Waals surface area contributed by atoms with E-state index in [-0.39, 0.29) is 0 Å². The molecule has 0 N–H and O–H groups in total. The highest BCUT2D eigenvalue weighted by atomic mass is 32.1. The fraction of sp³-hybridized carbons (Fsp3) is 0. The minimum Gasteiger partial charge on any atom is -0.167 e. The summed E-state index contributed by atoms with van der Waals surface area (Å²) in [4.78, 5) is 1.27. The van der Waals surface area contributed by atoms with Crippen LogP contribution < -0.4 is 4.40 Å². The Labute approximate surface area is 150 Å². The van der Waals surface area contributed by atoms with E-state index in [2.05, 4.69) is 101 Å². The number of hydrogen-bond acceptors (Lipinski definition) is 1. The smallest absolute Gasteiger partial charge is 0.167 e. The summed E-state index contributed by atoms with van der Waals surface area (Å²) in [5.74, 6) is 0. The summed E-state index contributed by atoms with van der Waals surface area (Å²) < 4.78 is 2.21. The summed E-state index contributed by atoms with van der Waals surface area (Å²) in [6.07, 6.45) is 8.65. The highest BCUT2D eigenvalue weighted by molar-refractivity contribution is 7.10. The van der Waals surface area contributed by atoms with Crippen molar-refractivity contribution >= 4 is 50.6 Å². The molecule has 1 nitrogen and oxygen atoms in total. The Bertz CT molecular complexity index is 1230. The van der Waals surface area contributed by atoms with Gasteiger partial charge in [0, 0.05) is 23.1 Å². The van der Waals surface area contributed by atoms with Crippen LogP contribution in [-0.4, -0.2) is 0 Å². The summed E-state index contributed by atoms with van der Waals surface area (Å²) in [6.45, 7) is 0. The molecule has 3 aromatic heterocycles. The lowest BCUT2D eigenvalue weighted by atomic mass is 10.0. The van der Waals surface area contributed by atoms with Crippen molar-refractivity contribution in [3.05, 3.63) is 94.9 Å². The first-order valence-corrected chi connectivity index (χ1v) is 9.23. The number of fused-ring (bicyclic) bond motifs is 5. The van der Waals surface area contributed by atoms with Crippen molar-refractivity contribution in [2.45, 2.75) is 0 Å². The predicted octanol–water partition coefficient (Wildman–Crippen LogP) is 5.96. The molecule has 3 heterocycles. The second-order valence-electron chi connectivity index (χ2n) is 6.17. The minimum absolute atomic E-state index is 1.22. The maximum atomic E-state index is 2.28. The lowest BCUT2D eigenvalue weighted by molar-refractivity contribution is -0.510. The fourth-order valence-electron chi connectivity index (χ4n) is 3.40. The van der Waals surface area contributed by atoms with E-state index in [4.69, 9.17) is 0 Å². The normalized spacial score (nSPS) is 11.8. The third-order valence-electron chi connectivity index (χ3n) is 4.62. The highest BCUT2D eigenvalue weighted by Crippen LogP contribution is 2.27. The molecule has 118 valence electrons. The van der Waals surface area contributed by atoms with Crippen molar-refractivity contribution in [2.75, 3.05) is 0 Å². The molecule has 0 saturated carbocycles. The van der Waals surface area contributed by atoms with Gasteiger partial charge in [0.1, 0.15) is 0 Å². The molecule has 0 bridgehead atoms. The Balaban J connectivity index is 1.78. The minimum atomic E-state index is 1.22. The van der Waals surface area contributed by atoms with Gasteiger partial charge in [0.2, 0.25) is 5.52 Å². The molecule has 0 aliphatic heterocycles. The van der Waals surface area contributed by atoms with Gasteiger partial charge in [0.25, 0.3) is 0 Å². The van der Waals surface area contributed by atoms with Crippen molar-refractivity contribution in [3.8, 4) is 0 Å². The summed E-state index contributed by atoms with van der Waals surface area (Å²) in [5.41, 5.74) is 2.46. The molecule has 0 amide bonds. The Morgan fingerprint density at radius 1 is 0.760 bits per heavy atom. The van der Waals surface area contributed by atoms with E-state index in [0.29, 0.717) is 0 Å². The van der Waals surface area contributed by atoms with Crippen LogP contribution in [0.25, 0.3) is 39.2 Å². The zero-order valence-corrected chi connectivity index (χ0v) is 14.4. The van der Waals surface area contributed by atoms with Crippen LogP contribution in [0, 0.1) is 0 Å². The molecule has 0 aliphatic carbocycles. The third-order valence-corrected chi connectivity index (χ3v) is 5.46. The average Bonchev–Trinajstić information content (AvgIpc) is 3.19. The molecule has 0 spiro atoms. The van der Waals surface area contributed by atoms with Crippen molar-refractivity contribution < 1.29 is 4.40 Å². The molecular formula is C23H16NS+. The van der Waals surface area contributed by atoms with E-state index >= 15 is 0 Å². The monoisotopic (exact) mass is 338 g/mol. The van der Waals surface area contributed by atoms with Gasteiger partial charge in [-0.1, -0.05) is 48.5 Å². The van der Waals surface area contributed by atoms with Gasteiger partial charge in [-0.05, 0) is 39.2 Å². The lowest BCUT2D eigenvalue weighted by Gasteiger charge is -2.04. The number of pyridine rings is 2. The number of benzene rings is 2. The number of rotatable bonds is 2. The molecule has 0 aliphatic rings. The molecule has 2 heteroatoms. The van der Waals surface area contributed by atoms with Crippen molar-refractivity contribution in [2.24, 2.45) is 0 Å². The SMILES string of the molecule is C(=C\c1cccs1)/c1cc[n+]2ccc3ccc4ccccc4c3c2c1. The van der Waals surface area contributed by atoms with Crippen LogP contribution in [0.5, 0.6) is 0 Å². The second-order valence-corrected chi connectivity index (χ2v) is 7.15. The molecule has 0 fully saturated rings. The maximum absolute atomic E-state index is 2.28. The molecule has 0 saturated heterocycles. The van der Waals surface area contributed by atoms with Crippen LogP contribution in [0.3, 0.4) is 0 Å². The summed E-state index contributed by atoms with van der Waals surface area (Å²) in [5, 5.41) is 7.28. The van der Waals surface area contributed by atoms with Gasteiger partial charge in [0.15, 0.2) is 12.4 Å². The van der Waals surface area contributed by atoms with E-state index < -0.39 is 0 Å². The van der Waals surface area contributed by atoms with Crippen molar-refractivity contribution in [3.63, 3.8) is 0 Å². The average molecular weight is 338 g/mol. The zero-order valence-electron chi connectivity index (χ0n) is 13.6. The van der Waals surface area contributed by atoms with Gasteiger partial charge in [0.05, 0.1) is 5.39 Å². The van der Waals surface area contributed by atoms with E-state index in [9.17, 15) is 0 Å². The molecule has 2 aromatic carbocycles. The summed E-state index contributed by atoms with van der Waals surface area (Å²) >= 11 is 1.76. The third kappa shape index (κ3) is 2.51. The van der Waals surface area contributed by atoms with Crippen LogP contribution in [-0.2, 0) is 0 Å². The van der Waals surface area contributed by atoms with Crippen molar-refractivity contribution in [1.82, 2.24) is 0 Å². The summed E-state index contributed by atoms with van der Waals surface area (Å²) in [7, 11) is 0. The summed E-state index contributed by atoms with van der Waals surface area (Å²) in [6, 6.07) is 23.9. The van der Waals surface area contributed by atoms with Gasteiger partial charge >= 0.3 is 0 Å². The van der Waals surface area contributed by atoms with E-state index in [0.717, 1.165) is 0 Å². The Morgan fingerprint density at radius 3 is 2.56 bits per heavy atom. The lowest BCUT2D eigenvalue weighted by Crippen LogP contribution is -2.20. The zero-order chi connectivity index (χ0) is 16.6. The largest absolute Gasteiger partial charge is 0.219 e. The van der Waals surface area contributed by atoms with E-state index in [1.165, 1.54) is 37.5 Å². The molecular weight excluding hydrogens is 322 g/mol. The first-order chi connectivity index (χ1) is 12.4. The Morgan fingerprint density at radius 2 is 1.64 bits per heavy atom. The predicted molar refractivity (Wildman–Crippen MR) is 108 cm³/mol.